The third-order valence-electron chi connectivity index (χ3n) is 6.90. The van der Waals surface area contributed by atoms with E-state index in [2.05, 4.69) is 52.7 Å². The normalized spacial score (nSPS) is 26.1. The van der Waals surface area contributed by atoms with Crippen molar-refractivity contribution in [3.63, 3.8) is 0 Å². The van der Waals surface area contributed by atoms with Crippen LogP contribution in [0.2, 0.25) is 0 Å². The van der Waals surface area contributed by atoms with Gasteiger partial charge in [0, 0.05) is 24.0 Å². The summed E-state index contributed by atoms with van der Waals surface area (Å²) in [5.41, 5.74) is 8.60. The summed E-state index contributed by atoms with van der Waals surface area (Å²) in [7, 11) is 3.39. The number of nitrogens with one attached hydrogen (secondary N) is 1. The zero-order valence-corrected chi connectivity index (χ0v) is 18.6. The van der Waals surface area contributed by atoms with Gasteiger partial charge in [-0.1, -0.05) is 36.4 Å². The van der Waals surface area contributed by atoms with Gasteiger partial charge in [-0.25, -0.2) is 0 Å². The number of hydrogen-bond donors (Lipinski definition) is 2. The van der Waals surface area contributed by atoms with Crippen molar-refractivity contribution in [3.05, 3.63) is 59.7 Å². The Kier molecular flexibility index (Phi) is 6.16. The second kappa shape index (κ2) is 8.82. The number of likely N-dealkylation sites (tertiary alicyclic amines) is 1. The van der Waals surface area contributed by atoms with Crippen molar-refractivity contribution >= 4 is 17.3 Å². The molecule has 30 heavy (non-hydrogen) atoms. The van der Waals surface area contributed by atoms with Crippen LogP contribution in [0, 0.1) is 0 Å². The van der Waals surface area contributed by atoms with Gasteiger partial charge in [-0.05, 0) is 67.7 Å². The summed E-state index contributed by atoms with van der Waals surface area (Å²) >= 11 is 5.14. The van der Waals surface area contributed by atoms with Crippen LogP contribution in [0.15, 0.2) is 48.5 Å². The zero-order valence-electron chi connectivity index (χ0n) is 17.8. The molecule has 1 aliphatic carbocycles. The number of thiocarbonyl (C=S) groups is 1. The number of rotatable bonds is 6. The van der Waals surface area contributed by atoms with Crippen LogP contribution in [-0.4, -0.2) is 42.9 Å². The molecule has 2 fully saturated rings. The minimum atomic E-state index is 0.0999. The molecule has 3 unspecified atom stereocenters. The predicted octanol–water partition coefficient (Wildman–Crippen LogP) is 3.60. The lowest BCUT2D eigenvalue weighted by Gasteiger charge is -2.45. The maximum atomic E-state index is 5.81. The van der Waals surface area contributed by atoms with Crippen molar-refractivity contribution in [2.24, 2.45) is 5.73 Å². The fourth-order valence-corrected chi connectivity index (χ4v) is 5.63. The maximum Gasteiger partial charge on any atom is 0.163 e. The van der Waals surface area contributed by atoms with Crippen molar-refractivity contribution in [3.8, 4) is 11.5 Å². The predicted molar refractivity (Wildman–Crippen MR) is 124 cm³/mol. The first-order chi connectivity index (χ1) is 14.6. The van der Waals surface area contributed by atoms with Gasteiger partial charge in [-0.15, -0.1) is 0 Å². The molecule has 6 heteroatoms. The molecule has 2 aromatic carbocycles. The van der Waals surface area contributed by atoms with Crippen LogP contribution in [0.3, 0.4) is 0 Å². The van der Waals surface area contributed by atoms with Crippen molar-refractivity contribution < 1.29 is 9.47 Å². The third kappa shape index (κ3) is 3.98. The topological polar surface area (TPSA) is 59.8 Å². The van der Waals surface area contributed by atoms with Crippen LogP contribution in [0.1, 0.15) is 36.8 Å². The van der Waals surface area contributed by atoms with Crippen molar-refractivity contribution in [2.45, 2.75) is 49.7 Å². The molecule has 3 atom stereocenters. The Bertz CT molecular complexity index is 891. The molecule has 0 bridgehead atoms. The summed E-state index contributed by atoms with van der Waals surface area (Å²) in [6.45, 7) is 2.04. The van der Waals surface area contributed by atoms with Gasteiger partial charge in [0.2, 0.25) is 0 Å². The van der Waals surface area contributed by atoms with Crippen LogP contribution < -0.4 is 20.5 Å². The first kappa shape index (κ1) is 20.9. The molecular formula is C24H31N3O2S. The quantitative estimate of drug-likeness (QED) is 0.690. The second-order valence-electron chi connectivity index (χ2n) is 8.43. The van der Waals surface area contributed by atoms with E-state index in [-0.39, 0.29) is 5.41 Å². The summed E-state index contributed by atoms with van der Waals surface area (Å²) in [6.07, 6.45) is 4.32. The molecule has 160 valence electrons. The Labute approximate surface area is 184 Å². The first-order valence-electron chi connectivity index (χ1n) is 10.6. The molecule has 5 nitrogen and oxygen atoms in total. The highest BCUT2D eigenvalue weighted by Crippen LogP contribution is 2.50. The standard InChI is InChI=1S/C24H31N3O2S/c1-28-20-9-8-18(14-21(20)29-2)24-11-10-19(26-23(25)30)15-22(24)27(13-12-24)16-17-6-4-3-5-7-17/h3-9,14,19,22H,10-13,15-16H2,1-2H3,(H3,25,26,30). The molecule has 2 aliphatic rings. The van der Waals surface area contributed by atoms with Crippen LogP contribution in [-0.2, 0) is 12.0 Å². The van der Waals surface area contributed by atoms with Gasteiger partial charge in [0.15, 0.2) is 16.6 Å². The average molecular weight is 426 g/mol. The molecular weight excluding hydrogens is 394 g/mol. The Hall–Kier alpha value is -2.31. The summed E-state index contributed by atoms with van der Waals surface area (Å²) < 4.78 is 11.1. The van der Waals surface area contributed by atoms with Gasteiger partial charge in [-0.3, -0.25) is 4.90 Å². The summed E-state index contributed by atoms with van der Waals surface area (Å²) in [4.78, 5) is 2.64. The minimum Gasteiger partial charge on any atom is -0.493 e. The smallest absolute Gasteiger partial charge is 0.163 e. The zero-order chi connectivity index (χ0) is 21.1. The molecule has 1 saturated carbocycles. The van der Waals surface area contributed by atoms with E-state index < -0.39 is 0 Å². The Balaban J connectivity index is 1.67. The van der Waals surface area contributed by atoms with E-state index >= 15 is 0 Å². The van der Waals surface area contributed by atoms with Gasteiger partial charge in [0.05, 0.1) is 14.2 Å². The van der Waals surface area contributed by atoms with Crippen LogP contribution in [0.4, 0.5) is 0 Å². The molecule has 0 radical (unpaired) electrons. The Morgan fingerprint density at radius 2 is 1.90 bits per heavy atom. The number of hydrogen-bond acceptors (Lipinski definition) is 4. The lowest BCUT2D eigenvalue weighted by Crippen LogP contribution is -2.53. The molecule has 1 saturated heterocycles. The highest BCUT2D eigenvalue weighted by Gasteiger charge is 2.51. The van der Waals surface area contributed by atoms with Crippen LogP contribution >= 0.6 is 12.2 Å². The maximum absolute atomic E-state index is 5.81. The summed E-state index contributed by atoms with van der Waals surface area (Å²) in [5, 5.41) is 3.72. The van der Waals surface area contributed by atoms with Crippen LogP contribution in [0.25, 0.3) is 0 Å². The monoisotopic (exact) mass is 425 g/mol. The summed E-state index contributed by atoms with van der Waals surface area (Å²) in [6, 6.07) is 17.9. The minimum absolute atomic E-state index is 0.0999. The van der Waals surface area contributed by atoms with Gasteiger partial charge < -0.3 is 20.5 Å². The van der Waals surface area contributed by atoms with Gasteiger partial charge in [0.25, 0.3) is 0 Å². The first-order valence-corrected chi connectivity index (χ1v) is 11.0. The lowest BCUT2D eigenvalue weighted by molar-refractivity contribution is 0.134. The number of fused-ring (bicyclic) bond motifs is 1. The highest BCUT2D eigenvalue weighted by molar-refractivity contribution is 7.80. The van der Waals surface area contributed by atoms with E-state index in [0.29, 0.717) is 17.2 Å². The number of nitrogens with zero attached hydrogens (tertiary/aromatic N) is 1. The molecule has 2 aromatic rings. The van der Waals surface area contributed by atoms with E-state index in [9.17, 15) is 0 Å². The molecule has 1 heterocycles. The average Bonchev–Trinajstić information content (AvgIpc) is 3.12. The van der Waals surface area contributed by atoms with E-state index in [4.69, 9.17) is 27.4 Å². The van der Waals surface area contributed by atoms with E-state index in [1.807, 2.05) is 6.07 Å². The largest absolute Gasteiger partial charge is 0.493 e. The van der Waals surface area contributed by atoms with Gasteiger partial charge in [-0.2, -0.15) is 0 Å². The molecule has 1 aliphatic heterocycles. The lowest BCUT2D eigenvalue weighted by atomic mass is 9.65. The number of nitrogens with two attached hydrogens (primary N) is 1. The third-order valence-corrected chi connectivity index (χ3v) is 7.02. The van der Waals surface area contributed by atoms with Crippen LogP contribution in [0.5, 0.6) is 11.5 Å². The Morgan fingerprint density at radius 3 is 2.60 bits per heavy atom. The van der Waals surface area contributed by atoms with Crippen molar-refractivity contribution in [1.82, 2.24) is 10.2 Å². The fraction of sp³-hybridized carbons (Fsp3) is 0.458. The molecule has 0 spiro atoms. The number of ether oxygens (including phenoxy) is 2. The Morgan fingerprint density at radius 1 is 1.13 bits per heavy atom. The fourth-order valence-electron chi connectivity index (χ4n) is 5.47. The van der Waals surface area contributed by atoms with Crippen molar-refractivity contribution in [1.29, 1.82) is 0 Å². The number of benzene rings is 2. The number of methoxy groups -OCH3 is 2. The second-order valence-corrected chi connectivity index (χ2v) is 8.87. The van der Waals surface area contributed by atoms with E-state index in [1.165, 1.54) is 11.1 Å². The van der Waals surface area contributed by atoms with E-state index in [1.54, 1.807) is 14.2 Å². The van der Waals surface area contributed by atoms with Gasteiger partial charge >= 0.3 is 0 Å². The van der Waals surface area contributed by atoms with Crippen molar-refractivity contribution in [2.75, 3.05) is 20.8 Å². The van der Waals surface area contributed by atoms with E-state index in [0.717, 1.165) is 50.3 Å². The summed E-state index contributed by atoms with van der Waals surface area (Å²) in [5.74, 6) is 1.57. The highest BCUT2D eigenvalue weighted by atomic mass is 32.1. The van der Waals surface area contributed by atoms with Gasteiger partial charge in [0.1, 0.15) is 0 Å². The molecule has 3 N–H and O–H groups in total. The SMILES string of the molecule is COc1ccc(C23CCC(NC(N)=S)CC2N(Cc2ccccc2)CC3)cc1OC. The molecule has 0 amide bonds. The molecule has 0 aromatic heterocycles. The molecule has 4 rings (SSSR count).